The van der Waals surface area contributed by atoms with Gasteiger partial charge in [-0.1, -0.05) is 18.5 Å². The quantitative estimate of drug-likeness (QED) is 0.859. The predicted molar refractivity (Wildman–Crippen MR) is 84.8 cm³/mol. The lowest BCUT2D eigenvalue weighted by atomic mass is 10.2. The molecule has 5 nitrogen and oxygen atoms in total. The van der Waals surface area contributed by atoms with Crippen molar-refractivity contribution in [3.05, 3.63) is 47.2 Å². The zero-order valence-corrected chi connectivity index (χ0v) is 12.9. The van der Waals surface area contributed by atoms with Crippen molar-refractivity contribution in [2.24, 2.45) is 0 Å². The van der Waals surface area contributed by atoms with Crippen LogP contribution in [0.4, 0.5) is 0 Å². The standard InChI is InChI=1S/C16H17ClN2O3/c1-2-9-18-15(20)10-19-16(21)14-8-7-13(22-14)11-3-5-12(17)6-4-11/h3-8H,2,9-10H2,1H3,(H,18,20)(H,19,21). The molecule has 0 spiro atoms. The van der Waals surface area contributed by atoms with E-state index in [4.69, 9.17) is 16.0 Å². The Balaban J connectivity index is 1.94. The molecule has 0 unspecified atom stereocenters. The van der Waals surface area contributed by atoms with Crippen molar-refractivity contribution < 1.29 is 14.0 Å². The van der Waals surface area contributed by atoms with E-state index < -0.39 is 5.91 Å². The molecular weight excluding hydrogens is 304 g/mol. The van der Waals surface area contributed by atoms with Gasteiger partial charge in [0.05, 0.1) is 6.54 Å². The lowest BCUT2D eigenvalue weighted by Gasteiger charge is -2.04. The molecule has 2 rings (SSSR count). The van der Waals surface area contributed by atoms with Crippen molar-refractivity contribution in [2.75, 3.05) is 13.1 Å². The van der Waals surface area contributed by atoms with E-state index >= 15 is 0 Å². The summed E-state index contributed by atoms with van der Waals surface area (Å²) in [5.41, 5.74) is 0.823. The van der Waals surface area contributed by atoms with E-state index in [1.54, 1.807) is 36.4 Å². The molecule has 0 aliphatic rings. The maximum Gasteiger partial charge on any atom is 0.287 e. The number of carbonyl (C=O) groups excluding carboxylic acids is 2. The van der Waals surface area contributed by atoms with E-state index in [0.717, 1.165) is 12.0 Å². The van der Waals surface area contributed by atoms with Gasteiger partial charge >= 0.3 is 0 Å². The van der Waals surface area contributed by atoms with Crippen LogP contribution >= 0.6 is 11.6 Å². The molecule has 0 bridgehead atoms. The predicted octanol–water partition coefficient (Wildman–Crippen LogP) is 2.86. The molecule has 1 aromatic carbocycles. The van der Waals surface area contributed by atoms with E-state index in [9.17, 15) is 9.59 Å². The third kappa shape index (κ3) is 4.36. The van der Waals surface area contributed by atoms with Gasteiger partial charge in [0.2, 0.25) is 5.91 Å². The fourth-order valence-corrected chi connectivity index (χ4v) is 1.93. The molecule has 1 heterocycles. The lowest BCUT2D eigenvalue weighted by Crippen LogP contribution is -2.37. The maximum absolute atomic E-state index is 11.9. The smallest absolute Gasteiger partial charge is 0.287 e. The number of nitrogens with one attached hydrogen (secondary N) is 2. The van der Waals surface area contributed by atoms with Gasteiger partial charge in [-0.05, 0) is 42.8 Å². The van der Waals surface area contributed by atoms with Gasteiger partial charge in [-0.15, -0.1) is 0 Å². The Hall–Kier alpha value is -2.27. The van der Waals surface area contributed by atoms with Crippen LogP contribution in [0.2, 0.25) is 5.02 Å². The van der Waals surface area contributed by atoms with Crippen molar-refractivity contribution in [3.63, 3.8) is 0 Å². The van der Waals surface area contributed by atoms with Gasteiger partial charge in [0.25, 0.3) is 5.91 Å². The fourth-order valence-electron chi connectivity index (χ4n) is 1.80. The highest BCUT2D eigenvalue weighted by atomic mass is 35.5. The lowest BCUT2D eigenvalue weighted by molar-refractivity contribution is -0.120. The molecule has 2 N–H and O–H groups in total. The normalized spacial score (nSPS) is 10.3. The molecular formula is C16H17ClN2O3. The minimum atomic E-state index is -0.424. The van der Waals surface area contributed by atoms with Crippen molar-refractivity contribution in [2.45, 2.75) is 13.3 Å². The highest BCUT2D eigenvalue weighted by Gasteiger charge is 2.13. The van der Waals surface area contributed by atoms with Crippen LogP contribution < -0.4 is 10.6 Å². The summed E-state index contributed by atoms with van der Waals surface area (Å²) >= 11 is 5.83. The molecule has 0 saturated carbocycles. The molecule has 0 aliphatic carbocycles. The summed E-state index contributed by atoms with van der Waals surface area (Å²) in [6.45, 7) is 2.48. The van der Waals surface area contributed by atoms with E-state index in [2.05, 4.69) is 10.6 Å². The molecule has 22 heavy (non-hydrogen) atoms. The average molecular weight is 321 g/mol. The van der Waals surface area contributed by atoms with E-state index in [1.165, 1.54) is 0 Å². The number of carbonyl (C=O) groups is 2. The van der Waals surface area contributed by atoms with Crippen LogP contribution in [0.25, 0.3) is 11.3 Å². The minimum Gasteiger partial charge on any atom is -0.451 e. The first-order valence-corrected chi connectivity index (χ1v) is 7.38. The summed E-state index contributed by atoms with van der Waals surface area (Å²) in [4.78, 5) is 23.3. The first-order chi connectivity index (χ1) is 10.6. The summed E-state index contributed by atoms with van der Waals surface area (Å²) < 4.78 is 5.50. The number of rotatable bonds is 6. The van der Waals surface area contributed by atoms with Crippen LogP contribution in [-0.2, 0) is 4.79 Å². The first-order valence-electron chi connectivity index (χ1n) is 7.01. The summed E-state index contributed by atoms with van der Waals surface area (Å²) in [6.07, 6.45) is 0.850. The third-order valence-electron chi connectivity index (χ3n) is 2.94. The Kier molecular flexibility index (Phi) is 5.61. The van der Waals surface area contributed by atoms with E-state index in [-0.39, 0.29) is 18.2 Å². The number of furan rings is 1. The second-order valence-electron chi connectivity index (χ2n) is 4.70. The van der Waals surface area contributed by atoms with Crippen molar-refractivity contribution >= 4 is 23.4 Å². The van der Waals surface area contributed by atoms with Crippen LogP contribution in [0.1, 0.15) is 23.9 Å². The summed E-state index contributed by atoms with van der Waals surface area (Å²) in [7, 11) is 0. The van der Waals surface area contributed by atoms with Crippen molar-refractivity contribution in [3.8, 4) is 11.3 Å². The molecule has 0 fully saturated rings. The molecule has 0 atom stereocenters. The second-order valence-corrected chi connectivity index (χ2v) is 5.14. The van der Waals surface area contributed by atoms with Gasteiger partial charge in [-0.2, -0.15) is 0 Å². The molecule has 0 aliphatic heterocycles. The Morgan fingerprint density at radius 3 is 2.50 bits per heavy atom. The molecule has 0 radical (unpaired) electrons. The second kappa shape index (κ2) is 7.66. The number of hydrogen-bond acceptors (Lipinski definition) is 3. The summed E-state index contributed by atoms with van der Waals surface area (Å²) in [6, 6.07) is 10.4. The molecule has 0 saturated heterocycles. The Labute approximate surface area is 133 Å². The summed E-state index contributed by atoms with van der Waals surface area (Å²) in [5, 5.41) is 5.83. The largest absolute Gasteiger partial charge is 0.451 e. The van der Waals surface area contributed by atoms with Gasteiger partial charge in [0, 0.05) is 17.1 Å². The van der Waals surface area contributed by atoms with Crippen LogP contribution in [0.15, 0.2) is 40.8 Å². The number of hydrogen-bond donors (Lipinski definition) is 2. The Morgan fingerprint density at radius 1 is 1.09 bits per heavy atom. The number of benzene rings is 1. The van der Waals surface area contributed by atoms with Crippen LogP contribution in [-0.4, -0.2) is 24.9 Å². The van der Waals surface area contributed by atoms with Crippen molar-refractivity contribution in [1.29, 1.82) is 0 Å². The highest BCUT2D eigenvalue weighted by molar-refractivity contribution is 6.30. The zero-order chi connectivity index (χ0) is 15.9. The van der Waals surface area contributed by atoms with Crippen LogP contribution in [0.3, 0.4) is 0 Å². The maximum atomic E-state index is 11.9. The number of amides is 2. The summed E-state index contributed by atoms with van der Waals surface area (Å²) in [5.74, 6) is 0.0806. The SMILES string of the molecule is CCCNC(=O)CNC(=O)c1ccc(-c2ccc(Cl)cc2)o1. The van der Waals surface area contributed by atoms with Gasteiger partial charge in [0.1, 0.15) is 5.76 Å². The fraction of sp³-hybridized carbons (Fsp3) is 0.250. The van der Waals surface area contributed by atoms with Crippen LogP contribution in [0.5, 0.6) is 0 Å². The number of halogens is 1. The van der Waals surface area contributed by atoms with Crippen LogP contribution in [0, 0.1) is 0 Å². The van der Waals surface area contributed by atoms with E-state index in [0.29, 0.717) is 17.3 Å². The molecule has 2 amide bonds. The van der Waals surface area contributed by atoms with Gasteiger partial charge < -0.3 is 15.1 Å². The minimum absolute atomic E-state index is 0.0736. The molecule has 2 aromatic rings. The van der Waals surface area contributed by atoms with Crippen molar-refractivity contribution in [1.82, 2.24) is 10.6 Å². The zero-order valence-electron chi connectivity index (χ0n) is 12.2. The average Bonchev–Trinajstić information content (AvgIpc) is 3.01. The monoisotopic (exact) mass is 320 g/mol. The topological polar surface area (TPSA) is 71.3 Å². The Morgan fingerprint density at radius 2 is 1.82 bits per heavy atom. The molecule has 6 heteroatoms. The van der Waals surface area contributed by atoms with Gasteiger partial charge in [-0.25, -0.2) is 0 Å². The van der Waals surface area contributed by atoms with E-state index in [1.807, 2.05) is 6.92 Å². The molecule has 116 valence electrons. The third-order valence-corrected chi connectivity index (χ3v) is 3.19. The molecule has 1 aromatic heterocycles. The highest BCUT2D eigenvalue weighted by Crippen LogP contribution is 2.23. The Bertz CT molecular complexity index is 650. The van der Waals surface area contributed by atoms with Gasteiger partial charge in [0.15, 0.2) is 5.76 Å². The first kappa shape index (κ1) is 16.1. The van der Waals surface area contributed by atoms with Gasteiger partial charge in [-0.3, -0.25) is 9.59 Å².